The number of hydrogen-bond donors (Lipinski definition) is 0. The van der Waals surface area contributed by atoms with Crippen molar-refractivity contribution in [2.75, 3.05) is 20.3 Å². The van der Waals surface area contributed by atoms with E-state index in [1.54, 1.807) is 7.11 Å². The van der Waals surface area contributed by atoms with E-state index in [4.69, 9.17) is 23.8 Å². The van der Waals surface area contributed by atoms with Crippen LogP contribution in [0.1, 0.15) is 47.5 Å². The lowest BCUT2D eigenvalue weighted by molar-refractivity contribution is -0.0276. The molecule has 134 valence electrons. The molecule has 6 nitrogen and oxygen atoms in total. The Balaban J connectivity index is 2.66. The van der Waals surface area contributed by atoms with Crippen LogP contribution in [-0.2, 0) is 18.5 Å². The molecule has 1 aliphatic rings. The van der Waals surface area contributed by atoms with Crippen molar-refractivity contribution in [1.29, 1.82) is 5.26 Å². The highest BCUT2D eigenvalue weighted by Gasteiger charge is 2.35. The maximum absolute atomic E-state index is 8.72. The Morgan fingerprint density at radius 1 is 1.26 bits per heavy atom. The summed E-state index contributed by atoms with van der Waals surface area (Å²) >= 11 is 0. The first-order valence-electron chi connectivity index (χ1n) is 8.30. The second kappa shape index (κ2) is 10.6. The van der Waals surface area contributed by atoms with Crippen LogP contribution in [0.15, 0.2) is 0 Å². The third kappa shape index (κ3) is 6.62. The number of nitriles is 1. The topological polar surface area (TPSA) is 64.0 Å². The Bertz CT molecular complexity index is 368. The van der Waals surface area contributed by atoms with Gasteiger partial charge in [-0.2, -0.15) is 5.26 Å². The summed E-state index contributed by atoms with van der Waals surface area (Å²) in [5, 5.41) is 8.72. The van der Waals surface area contributed by atoms with Gasteiger partial charge in [0.25, 0.3) is 8.53 Å². The fourth-order valence-electron chi connectivity index (χ4n) is 2.77. The predicted molar refractivity (Wildman–Crippen MR) is 90.9 cm³/mol. The van der Waals surface area contributed by atoms with E-state index >= 15 is 0 Å². The van der Waals surface area contributed by atoms with Crippen molar-refractivity contribution in [3.8, 4) is 6.07 Å². The molecule has 7 heteroatoms. The summed E-state index contributed by atoms with van der Waals surface area (Å²) in [5.41, 5.74) is 0. The molecule has 1 rings (SSSR count). The monoisotopic (exact) mass is 346 g/mol. The van der Waals surface area contributed by atoms with E-state index in [-0.39, 0.29) is 18.3 Å². The van der Waals surface area contributed by atoms with Crippen molar-refractivity contribution < 1.29 is 18.5 Å². The van der Waals surface area contributed by atoms with Crippen LogP contribution in [0.3, 0.4) is 0 Å². The van der Waals surface area contributed by atoms with Crippen molar-refractivity contribution >= 4 is 8.53 Å². The molecular weight excluding hydrogens is 315 g/mol. The normalized spacial score (nSPS) is 26.2. The third-order valence-electron chi connectivity index (χ3n) is 3.70. The number of methoxy groups -OCH3 is 1. The molecule has 0 aromatic heterocycles. The molecule has 1 heterocycles. The maximum Gasteiger partial charge on any atom is 0.259 e. The van der Waals surface area contributed by atoms with Crippen LogP contribution < -0.4 is 0 Å². The van der Waals surface area contributed by atoms with Gasteiger partial charge in [0.1, 0.15) is 6.10 Å². The lowest BCUT2D eigenvalue weighted by Gasteiger charge is -2.36. The van der Waals surface area contributed by atoms with Crippen LogP contribution >= 0.6 is 8.53 Å². The SMILES string of the molecule is CO[C@H]1C[C@H](C)O[C@@H]1COP(OCCC#N)N(C(C)C)C(C)C. The molecule has 4 atom stereocenters. The zero-order chi connectivity index (χ0) is 17.4. The molecule has 0 spiro atoms. The van der Waals surface area contributed by atoms with Crippen molar-refractivity contribution in [2.45, 2.75) is 77.9 Å². The fraction of sp³-hybridized carbons (Fsp3) is 0.938. The highest BCUT2D eigenvalue weighted by molar-refractivity contribution is 7.44. The Hall–Kier alpha value is -0.280. The Labute approximate surface area is 142 Å². The van der Waals surface area contributed by atoms with Gasteiger partial charge < -0.3 is 18.5 Å². The molecule has 0 saturated carbocycles. The summed E-state index contributed by atoms with van der Waals surface area (Å²) in [6.07, 6.45) is 1.43. The smallest absolute Gasteiger partial charge is 0.259 e. The summed E-state index contributed by atoms with van der Waals surface area (Å²) < 4.78 is 25.5. The van der Waals surface area contributed by atoms with E-state index in [9.17, 15) is 0 Å². The van der Waals surface area contributed by atoms with Crippen molar-refractivity contribution in [1.82, 2.24) is 4.67 Å². The van der Waals surface area contributed by atoms with E-state index in [0.717, 1.165) is 6.42 Å². The van der Waals surface area contributed by atoms with Crippen LogP contribution in [-0.4, -0.2) is 55.4 Å². The Kier molecular flexibility index (Phi) is 9.53. The van der Waals surface area contributed by atoms with Gasteiger partial charge in [-0.15, -0.1) is 0 Å². The second-order valence-electron chi connectivity index (χ2n) is 6.34. The molecule has 0 aromatic carbocycles. The Morgan fingerprint density at radius 2 is 1.91 bits per heavy atom. The van der Waals surface area contributed by atoms with Gasteiger partial charge in [-0.25, -0.2) is 4.67 Å². The first-order chi connectivity index (χ1) is 10.9. The molecule has 1 fully saturated rings. The zero-order valence-corrected chi connectivity index (χ0v) is 16.1. The van der Waals surface area contributed by atoms with Gasteiger partial charge in [-0.1, -0.05) is 0 Å². The minimum absolute atomic E-state index is 0.0625. The Morgan fingerprint density at radius 3 is 2.43 bits per heavy atom. The molecule has 23 heavy (non-hydrogen) atoms. The molecule has 0 aromatic rings. The van der Waals surface area contributed by atoms with E-state index in [2.05, 4.69) is 38.4 Å². The highest BCUT2D eigenvalue weighted by atomic mass is 31.2. The molecule has 0 radical (unpaired) electrons. The van der Waals surface area contributed by atoms with E-state index < -0.39 is 8.53 Å². The molecule has 0 amide bonds. The van der Waals surface area contributed by atoms with Crippen molar-refractivity contribution in [3.63, 3.8) is 0 Å². The largest absolute Gasteiger partial charge is 0.379 e. The minimum atomic E-state index is -1.22. The number of hydrogen-bond acceptors (Lipinski definition) is 6. The highest BCUT2D eigenvalue weighted by Crippen LogP contribution is 2.46. The number of nitrogens with zero attached hydrogens (tertiary/aromatic N) is 2. The first-order valence-corrected chi connectivity index (χ1v) is 9.43. The van der Waals surface area contributed by atoms with E-state index in [1.807, 2.05) is 6.92 Å². The van der Waals surface area contributed by atoms with Gasteiger partial charge in [0.2, 0.25) is 0 Å². The van der Waals surface area contributed by atoms with Crippen LogP contribution in [0, 0.1) is 11.3 Å². The zero-order valence-electron chi connectivity index (χ0n) is 15.2. The van der Waals surface area contributed by atoms with Gasteiger partial charge in [-0.05, 0) is 34.6 Å². The summed E-state index contributed by atoms with van der Waals surface area (Å²) in [5.74, 6) is 0. The van der Waals surface area contributed by atoms with Gasteiger partial charge in [0.05, 0.1) is 37.9 Å². The summed E-state index contributed by atoms with van der Waals surface area (Å²) in [4.78, 5) is 0. The van der Waals surface area contributed by atoms with Gasteiger partial charge in [-0.3, -0.25) is 0 Å². The number of rotatable bonds is 10. The van der Waals surface area contributed by atoms with Gasteiger partial charge in [0.15, 0.2) is 0 Å². The quantitative estimate of drug-likeness (QED) is 0.446. The first kappa shape index (κ1) is 20.8. The lowest BCUT2D eigenvalue weighted by atomic mass is 10.1. The van der Waals surface area contributed by atoms with Crippen LogP contribution in [0.5, 0.6) is 0 Å². The molecule has 1 saturated heterocycles. The van der Waals surface area contributed by atoms with E-state index in [0.29, 0.717) is 31.7 Å². The van der Waals surface area contributed by atoms with Crippen LogP contribution in [0.2, 0.25) is 0 Å². The van der Waals surface area contributed by atoms with Crippen molar-refractivity contribution in [2.24, 2.45) is 0 Å². The third-order valence-corrected chi connectivity index (χ3v) is 5.77. The minimum Gasteiger partial charge on any atom is -0.379 e. The van der Waals surface area contributed by atoms with Gasteiger partial charge in [0, 0.05) is 25.6 Å². The molecule has 1 aliphatic heterocycles. The molecule has 0 aliphatic carbocycles. The van der Waals surface area contributed by atoms with E-state index in [1.165, 1.54) is 0 Å². The number of ether oxygens (including phenoxy) is 2. The fourth-order valence-corrected chi connectivity index (χ4v) is 4.38. The standard InChI is InChI=1S/C16H31N2O4P/c1-12(2)18(13(3)4)23(20-9-7-8-17)21-11-16-15(19-6)10-14(5)22-16/h12-16H,7,9-11H2,1-6H3/t14-,15-,16+,23?/m0/s1. The lowest BCUT2D eigenvalue weighted by Crippen LogP contribution is -2.35. The second-order valence-corrected chi connectivity index (χ2v) is 7.79. The average Bonchev–Trinajstić information content (AvgIpc) is 2.84. The van der Waals surface area contributed by atoms with Crippen LogP contribution in [0.4, 0.5) is 0 Å². The van der Waals surface area contributed by atoms with Crippen LogP contribution in [0.25, 0.3) is 0 Å². The van der Waals surface area contributed by atoms with Gasteiger partial charge >= 0.3 is 0 Å². The molecule has 1 unspecified atom stereocenters. The molecule has 0 bridgehead atoms. The maximum atomic E-state index is 8.72. The summed E-state index contributed by atoms with van der Waals surface area (Å²) in [6.45, 7) is 11.4. The van der Waals surface area contributed by atoms with Crippen molar-refractivity contribution in [3.05, 3.63) is 0 Å². The molecular formula is C16H31N2O4P. The summed E-state index contributed by atoms with van der Waals surface area (Å²) in [6, 6.07) is 2.70. The molecule has 0 N–H and O–H groups in total. The predicted octanol–water partition coefficient (Wildman–Crippen LogP) is 3.47. The summed E-state index contributed by atoms with van der Waals surface area (Å²) in [7, 11) is 0.486. The average molecular weight is 346 g/mol.